The Morgan fingerprint density at radius 3 is 2.74 bits per heavy atom. The Balaban J connectivity index is 1.69. The van der Waals surface area contributed by atoms with E-state index in [-0.39, 0.29) is 0 Å². The Morgan fingerprint density at radius 2 is 1.96 bits per heavy atom. The number of aryl methyl sites for hydroxylation is 1. The van der Waals surface area contributed by atoms with E-state index in [4.69, 9.17) is 23.8 Å². The van der Waals surface area contributed by atoms with Gasteiger partial charge in [-0.05, 0) is 55.0 Å². The van der Waals surface area contributed by atoms with Gasteiger partial charge in [0, 0.05) is 22.9 Å². The topological polar surface area (TPSA) is 39.7 Å². The van der Waals surface area contributed by atoms with Crippen molar-refractivity contribution in [2.24, 2.45) is 4.99 Å². The van der Waals surface area contributed by atoms with Gasteiger partial charge in [-0.25, -0.2) is 0 Å². The Hall–Kier alpha value is -2.11. The molecule has 1 heterocycles. The molecule has 23 heavy (non-hydrogen) atoms. The number of hydrogen-bond acceptors (Lipinski definition) is 3. The molecule has 0 radical (unpaired) electrons. The number of aliphatic imine (C=N–C) groups is 1. The average Bonchev–Trinajstić information content (AvgIpc) is 2.95. The molecule has 118 valence electrons. The van der Waals surface area contributed by atoms with Crippen LogP contribution in [0.1, 0.15) is 5.56 Å². The molecule has 0 aromatic heterocycles. The first-order valence-corrected chi connectivity index (χ1v) is 8.13. The maximum absolute atomic E-state index is 6.01. The van der Waals surface area contributed by atoms with Crippen LogP contribution in [0.4, 0.5) is 11.4 Å². The minimum Gasteiger partial charge on any atom is -0.332 e. The lowest BCUT2D eigenvalue weighted by Crippen LogP contribution is -2.40. The second-order valence-corrected chi connectivity index (χ2v) is 6.12. The molecular formula is C17H17ClN4S. The molecular weight excluding hydrogens is 328 g/mol. The number of thiocarbonyl (C=S) groups is 1. The number of nitrogens with one attached hydrogen (secondary N) is 2. The summed E-state index contributed by atoms with van der Waals surface area (Å²) in [4.78, 5) is 6.46. The predicted octanol–water partition coefficient (Wildman–Crippen LogP) is 4.13. The first kappa shape index (κ1) is 15.8. The van der Waals surface area contributed by atoms with Crippen molar-refractivity contribution in [2.75, 3.05) is 23.7 Å². The molecule has 1 aliphatic rings. The fourth-order valence-corrected chi connectivity index (χ4v) is 2.85. The van der Waals surface area contributed by atoms with Crippen LogP contribution in [0.15, 0.2) is 53.5 Å². The minimum absolute atomic E-state index is 0.601. The molecule has 0 aliphatic carbocycles. The summed E-state index contributed by atoms with van der Waals surface area (Å²) in [7, 11) is 0. The van der Waals surface area contributed by atoms with E-state index in [9.17, 15) is 0 Å². The van der Waals surface area contributed by atoms with Gasteiger partial charge in [-0.15, -0.1) is 0 Å². The normalized spacial score (nSPS) is 13.7. The third-order valence-electron chi connectivity index (χ3n) is 3.44. The van der Waals surface area contributed by atoms with Crippen molar-refractivity contribution < 1.29 is 0 Å². The van der Waals surface area contributed by atoms with Gasteiger partial charge >= 0.3 is 0 Å². The van der Waals surface area contributed by atoms with Crippen molar-refractivity contribution in [1.29, 1.82) is 0 Å². The highest BCUT2D eigenvalue weighted by Crippen LogP contribution is 2.17. The van der Waals surface area contributed by atoms with Gasteiger partial charge in [0.1, 0.15) is 0 Å². The number of guanidine groups is 1. The molecule has 0 amide bonds. The van der Waals surface area contributed by atoms with E-state index in [1.165, 1.54) is 5.56 Å². The monoisotopic (exact) mass is 344 g/mol. The second kappa shape index (κ2) is 6.98. The summed E-state index contributed by atoms with van der Waals surface area (Å²) in [5.41, 5.74) is 3.06. The number of halogens is 1. The summed E-state index contributed by atoms with van der Waals surface area (Å²) >= 11 is 11.5. The number of nitrogens with zero attached hydrogens (tertiary/aromatic N) is 2. The van der Waals surface area contributed by atoms with E-state index in [1.54, 1.807) is 0 Å². The zero-order chi connectivity index (χ0) is 16.2. The molecule has 0 atom stereocenters. The van der Waals surface area contributed by atoms with Gasteiger partial charge < -0.3 is 10.6 Å². The van der Waals surface area contributed by atoms with E-state index >= 15 is 0 Å². The smallest absolute Gasteiger partial charge is 0.204 e. The van der Waals surface area contributed by atoms with E-state index < -0.39 is 0 Å². The lowest BCUT2D eigenvalue weighted by Gasteiger charge is -2.22. The SMILES string of the molecule is Cc1cccc(NC2=NCCN2C(=S)Nc2cccc(Cl)c2)c1. The van der Waals surface area contributed by atoms with Crippen molar-refractivity contribution in [3.05, 3.63) is 59.1 Å². The van der Waals surface area contributed by atoms with E-state index in [2.05, 4.69) is 34.7 Å². The molecule has 0 fully saturated rings. The highest BCUT2D eigenvalue weighted by Gasteiger charge is 2.21. The number of hydrogen-bond donors (Lipinski definition) is 2. The molecule has 6 heteroatoms. The quantitative estimate of drug-likeness (QED) is 0.804. The number of rotatable bonds is 2. The molecule has 0 unspecified atom stereocenters. The molecule has 0 saturated carbocycles. The molecule has 0 spiro atoms. The highest BCUT2D eigenvalue weighted by molar-refractivity contribution is 7.80. The first-order chi connectivity index (χ1) is 11.1. The van der Waals surface area contributed by atoms with Gasteiger partial charge in [0.05, 0.1) is 6.54 Å². The summed E-state index contributed by atoms with van der Waals surface area (Å²) in [6.07, 6.45) is 0. The Morgan fingerprint density at radius 1 is 1.17 bits per heavy atom. The van der Waals surface area contributed by atoms with Gasteiger partial charge in [0.25, 0.3) is 0 Å². The lowest BCUT2D eigenvalue weighted by molar-refractivity contribution is 0.674. The van der Waals surface area contributed by atoms with Crippen molar-refractivity contribution in [2.45, 2.75) is 6.92 Å². The Kier molecular flexibility index (Phi) is 4.79. The van der Waals surface area contributed by atoms with Gasteiger partial charge in [-0.3, -0.25) is 9.89 Å². The molecule has 0 saturated heterocycles. The van der Waals surface area contributed by atoms with Crippen LogP contribution in [-0.4, -0.2) is 29.1 Å². The van der Waals surface area contributed by atoms with Crippen LogP contribution in [-0.2, 0) is 0 Å². The largest absolute Gasteiger partial charge is 0.332 e. The molecule has 2 aromatic carbocycles. The first-order valence-electron chi connectivity index (χ1n) is 7.34. The molecule has 0 bridgehead atoms. The fraction of sp³-hybridized carbons (Fsp3) is 0.176. The fourth-order valence-electron chi connectivity index (χ4n) is 2.36. The van der Waals surface area contributed by atoms with Crippen molar-refractivity contribution in [1.82, 2.24) is 4.90 Å². The third-order valence-corrected chi connectivity index (χ3v) is 3.99. The summed E-state index contributed by atoms with van der Waals surface area (Å²) in [6, 6.07) is 15.7. The molecule has 3 rings (SSSR count). The van der Waals surface area contributed by atoms with Crippen molar-refractivity contribution in [3.63, 3.8) is 0 Å². The average molecular weight is 345 g/mol. The maximum atomic E-state index is 6.01. The Bertz CT molecular complexity index is 760. The summed E-state index contributed by atoms with van der Waals surface area (Å²) < 4.78 is 0. The number of anilines is 2. The van der Waals surface area contributed by atoms with Crippen LogP contribution in [0.25, 0.3) is 0 Å². The highest BCUT2D eigenvalue weighted by atomic mass is 35.5. The van der Waals surface area contributed by atoms with E-state index in [0.29, 0.717) is 16.7 Å². The Labute approximate surface area is 146 Å². The summed E-state index contributed by atoms with van der Waals surface area (Å²) in [5.74, 6) is 0.759. The minimum atomic E-state index is 0.601. The van der Waals surface area contributed by atoms with Crippen LogP contribution in [0.5, 0.6) is 0 Å². The zero-order valence-corrected chi connectivity index (χ0v) is 14.3. The van der Waals surface area contributed by atoms with E-state index in [1.807, 2.05) is 41.3 Å². The second-order valence-electron chi connectivity index (χ2n) is 5.29. The molecule has 4 nitrogen and oxygen atoms in total. The van der Waals surface area contributed by atoms with Crippen LogP contribution in [0, 0.1) is 6.92 Å². The van der Waals surface area contributed by atoms with E-state index in [0.717, 1.165) is 23.9 Å². The van der Waals surface area contributed by atoms with Crippen molar-refractivity contribution in [3.8, 4) is 0 Å². The number of benzene rings is 2. The molecule has 2 N–H and O–H groups in total. The van der Waals surface area contributed by atoms with Crippen LogP contribution in [0.3, 0.4) is 0 Å². The van der Waals surface area contributed by atoms with Crippen molar-refractivity contribution >= 4 is 46.3 Å². The predicted molar refractivity (Wildman–Crippen MR) is 101 cm³/mol. The standard InChI is InChI=1S/C17H17ClN4S/c1-12-4-2-6-14(10-12)20-16-19-8-9-22(16)17(23)21-15-7-3-5-13(18)11-15/h2-7,10-11H,8-9H2,1H3,(H,19,20)(H,21,23). The molecule has 2 aromatic rings. The lowest BCUT2D eigenvalue weighted by atomic mass is 10.2. The summed E-state index contributed by atoms with van der Waals surface area (Å²) in [6.45, 7) is 3.52. The van der Waals surface area contributed by atoms with Gasteiger partial charge in [0.15, 0.2) is 5.11 Å². The third kappa shape index (κ3) is 4.00. The van der Waals surface area contributed by atoms with Gasteiger partial charge in [0.2, 0.25) is 5.96 Å². The van der Waals surface area contributed by atoms with Crippen LogP contribution >= 0.6 is 23.8 Å². The van der Waals surface area contributed by atoms with Gasteiger partial charge in [-0.1, -0.05) is 29.8 Å². The van der Waals surface area contributed by atoms with Gasteiger partial charge in [-0.2, -0.15) is 0 Å². The van der Waals surface area contributed by atoms with Crippen LogP contribution in [0.2, 0.25) is 5.02 Å². The maximum Gasteiger partial charge on any atom is 0.204 e. The molecule has 1 aliphatic heterocycles. The summed E-state index contributed by atoms with van der Waals surface area (Å²) in [5, 5.41) is 7.81. The van der Waals surface area contributed by atoms with Crippen LogP contribution < -0.4 is 10.6 Å². The zero-order valence-electron chi connectivity index (χ0n) is 12.7.